The summed E-state index contributed by atoms with van der Waals surface area (Å²) < 4.78 is 64.6. The van der Waals surface area contributed by atoms with Crippen molar-refractivity contribution in [2.45, 2.75) is 42.8 Å². The molecule has 3 heterocycles. The standard InChI is InChI=1S/C21H24ClF3N6O3S/c1-10-4-7-15(28-18(10)21(23,24)25)27-16-9-13(17-19(29-16)30-31(2)20(17)32)26-12-6-5-11(22)8-14(12)35(3,33)34/h4-8,13,16-17,19,26,29-30H,9H2,1-3H3,(H,27,28). The van der Waals surface area contributed by atoms with Crippen LogP contribution in [0.1, 0.15) is 17.7 Å². The molecule has 4 unspecified atom stereocenters. The number of rotatable bonds is 5. The average Bonchev–Trinajstić information content (AvgIpc) is 3.03. The molecule has 4 rings (SSSR count). The van der Waals surface area contributed by atoms with Crippen molar-refractivity contribution >= 4 is 38.9 Å². The summed E-state index contributed by atoms with van der Waals surface area (Å²) in [5.74, 6) is -0.822. The highest BCUT2D eigenvalue weighted by atomic mass is 35.5. The van der Waals surface area contributed by atoms with Crippen LogP contribution in [0.5, 0.6) is 0 Å². The quantitative estimate of drug-likeness (QED) is 0.464. The van der Waals surface area contributed by atoms with Gasteiger partial charge in [0.1, 0.15) is 11.5 Å². The number of piperidine rings is 1. The molecule has 4 atom stereocenters. The minimum Gasteiger partial charge on any atom is -0.380 e. The number of hydrazine groups is 1. The fourth-order valence-corrected chi connectivity index (χ4v) is 5.50. The fraction of sp³-hybridized carbons (Fsp3) is 0.429. The van der Waals surface area contributed by atoms with Gasteiger partial charge in [0, 0.05) is 30.8 Å². The van der Waals surface area contributed by atoms with E-state index in [-0.39, 0.29) is 39.3 Å². The Morgan fingerprint density at radius 3 is 2.57 bits per heavy atom. The number of hydrogen-bond acceptors (Lipinski definition) is 8. The number of fused-ring (bicyclic) bond motifs is 1. The average molecular weight is 533 g/mol. The number of aryl methyl sites for hydroxylation is 1. The normalized spacial score (nSPS) is 24.9. The Morgan fingerprint density at radius 2 is 1.91 bits per heavy atom. The summed E-state index contributed by atoms with van der Waals surface area (Å²) >= 11 is 6.00. The van der Waals surface area contributed by atoms with Crippen molar-refractivity contribution in [3.8, 4) is 0 Å². The molecule has 9 nitrogen and oxygen atoms in total. The van der Waals surface area contributed by atoms with E-state index in [1.54, 1.807) is 7.05 Å². The van der Waals surface area contributed by atoms with Crippen LogP contribution in [0.4, 0.5) is 24.7 Å². The summed E-state index contributed by atoms with van der Waals surface area (Å²) in [7, 11) is -2.09. The smallest absolute Gasteiger partial charge is 0.380 e. The Kier molecular flexibility index (Phi) is 6.64. The third-order valence-electron chi connectivity index (χ3n) is 5.98. The second-order valence-corrected chi connectivity index (χ2v) is 11.1. The molecule has 0 radical (unpaired) electrons. The number of amides is 1. The number of halogens is 4. The lowest BCUT2D eigenvalue weighted by molar-refractivity contribution is -0.141. The van der Waals surface area contributed by atoms with Crippen molar-refractivity contribution in [1.29, 1.82) is 0 Å². The molecule has 0 bridgehead atoms. The van der Waals surface area contributed by atoms with Crippen LogP contribution in [0.2, 0.25) is 5.02 Å². The molecule has 1 aromatic carbocycles. The molecule has 0 saturated carbocycles. The van der Waals surface area contributed by atoms with Crippen molar-refractivity contribution in [2.75, 3.05) is 23.9 Å². The monoisotopic (exact) mass is 532 g/mol. The van der Waals surface area contributed by atoms with Crippen LogP contribution in [-0.4, -0.2) is 56.0 Å². The molecule has 0 aliphatic carbocycles. The summed E-state index contributed by atoms with van der Waals surface area (Å²) in [6, 6.07) is 6.58. The van der Waals surface area contributed by atoms with Gasteiger partial charge in [0.25, 0.3) is 0 Å². The lowest BCUT2D eigenvalue weighted by Crippen LogP contribution is -2.61. The third kappa shape index (κ3) is 5.32. The molecule has 2 fully saturated rings. The van der Waals surface area contributed by atoms with Crippen molar-refractivity contribution in [2.24, 2.45) is 5.92 Å². The van der Waals surface area contributed by atoms with E-state index in [0.717, 1.165) is 6.26 Å². The van der Waals surface area contributed by atoms with Crippen LogP contribution < -0.4 is 21.4 Å². The molecule has 35 heavy (non-hydrogen) atoms. The number of pyridine rings is 1. The van der Waals surface area contributed by atoms with E-state index >= 15 is 0 Å². The maximum Gasteiger partial charge on any atom is 0.433 e. The molecule has 1 amide bonds. The maximum atomic E-state index is 13.3. The number of nitrogens with one attached hydrogen (secondary N) is 4. The van der Waals surface area contributed by atoms with Gasteiger partial charge in [0.2, 0.25) is 5.91 Å². The number of sulfone groups is 1. The molecule has 4 N–H and O–H groups in total. The molecular formula is C21H24ClF3N6O3S. The molecule has 1 aromatic heterocycles. The van der Waals surface area contributed by atoms with Gasteiger partial charge < -0.3 is 10.6 Å². The van der Waals surface area contributed by atoms with E-state index in [2.05, 4.69) is 26.4 Å². The Bertz CT molecular complexity index is 1260. The number of alkyl halides is 3. The summed E-state index contributed by atoms with van der Waals surface area (Å²) in [5.41, 5.74) is 2.28. The summed E-state index contributed by atoms with van der Waals surface area (Å²) in [4.78, 5) is 16.5. The van der Waals surface area contributed by atoms with Gasteiger partial charge in [-0.15, -0.1) is 0 Å². The van der Waals surface area contributed by atoms with Crippen molar-refractivity contribution in [3.05, 3.63) is 46.6 Å². The highest BCUT2D eigenvalue weighted by Gasteiger charge is 2.48. The largest absolute Gasteiger partial charge is 0.433 e. The Balaban J connectivity index is 1.64. The van der Waals surface area contributed by atoms with Crippen molar-refractivity contribution < 1.29 is 26.4 Å². The zero-order chi connectivity index (χ0) is 25.7. The van der Waals surface area contributed by atoms with Gasteiger partial charge in [0.05, 0.1) is 28.8 Å². The predicted molar refractivity (Wildman–Crippen MR) is 124 cm³/mol. The lowest BCUT2D eigenvalue weighted by atomic mass is 9.88. The molecule has 0 spiro atoms. The second kappa shape index (κ2) is 9.12. The topological polar surface area (TPSA) is 115 Å². The fourth-order valence-electron chi connectivity index (χ4n) is 4.40. The predicted octanol–water partition coefficient (Wildman–Crippen LogP) is 2.60. The zero-order valence-electron chi connectivity index (χ0n) is 18.9. The Hall–Kier alpha value is -2.61. The van der Waals surface area contributed by atoms with Crippen LogP contribution in [0.15, 0.2) is 35.2 Å². The van der Waals surface area contributed by atoms with Gasteiger partial charge >= 0.3 is 6.18 Å². The molecular weight excluding hydrogens is 509 g/mol. The van der Waals surface area contributed by atoms with E-state index < -0.39 is 46.0 Å². The van der Waals surface area contributed by atoms with Gasteiger partial charge in [-0.25, -0.2) is 18.8 Å². The van der Waals surface area contributed by atoms with Crippen LogP contribution in [0.25, 0.3) is 0 Å². The highest BCUT2D eigenvalue weighted by molar-refractivity contribution is 7.90. The first kappa shape index (κ1) is 25.5. The van der Waals surface area contributed by atoms with Crippen LogP contribution in [0.3, 0.4) is 0 Å². The number of carbonyl (C=O) groups is 1. The van der Waals surface area contributed by atoms with E-state index in [1.807, 2.05) is 0 Å². The molecule has 2 aliphatic rings. The van der Waals surface area contributed by atoms with Crippen LogP contribution >= 0.6 is 11.6 Å². The number of benzene rings is 1. The van der Waals surface area contributed by atoms with Gasteiger partial charge in [-0.1, -0.05) is 17.7 Å². The number of nitrogens with zero attached hydrogens (tertiary/aromatic N) is 2. The first-order valence-electron chi connectivity index (χ1n) is 10.6. The summed E-state index contributed by atoms with van der Waals surface area (Å²) in [6.07, 6.45) is -4.47. The minimum atomic E-state index is -4.60. The first-order valence-corrected chi connectivity index (χ1v) is 12.9. The van der Waals surface area contributed by atoms with E-state index in [9.17, 15) is 26.4 Å². The van der Waals surface area contributed by atoms with E-state index in [4.69, 9.17) is 11.6 Å². The third-order valence-corrected chi connectivity index (χ3v) is 7.35. The maximum absolute atomic E-state index is 13.3. The van der Waals surface area contributed by atoms with Crippen molar-refractivity contribution in [3.63, 3.8) is 0 Å². The molecule has 14 heteroatoms. The minimum absolute atomic E-state index is 0.0000145. The molecule has 2 aromatic rings. The summed E-state index contributed by atoms with van der Waals surface area (Å²) in [5, 5.41) is 10.9. The highest BCUT2D eigenvalue weighted by Crippen LogP contribution is 2.34. The Morgan fingerprint density at radius 1 is 1.20 bits per heavy atom. The van der Waals surface area contributed by atoms with Crippen LogP contribution in [-0.2, 0) is 20.8 Å². The lowest BCUT2D eigenvalue weighted by Gasteiger charge is -2.39. The number of hydrogen-bond donors (Lipinski definition) is 4. The number of anilines is 2. The summed E-state index contributed by atoms with van der Waals surface area (Å²) in [6.45, 7) is 1.33. The SMILES string of the molecule is Cc1ccc(NC2CC(Nc3ccc(Cl)cc3S(C)(=O)=O)C3C(=O)N(C)NC3N2)nc1C(F)(F)F. The van der Waals surface area contributed by atoms with Gasteiger partial charge in [-0.3, -0.25) is 15.1 Å². The van der Waals surface area contributed by atoms with Crippen LogP contribution in [0, 0.1) is 12.8 Å². The van der Waals surface area contributed by atoms with E-state index in [1.165, 1.54) is 42.3 Å². The second-order valence-electron chi connectivity index (χ2n) is 8.65. The van der Waals surface area contributed by atoms with Gasteiger partial charge in [-0.2, -0.15) is 13.2 Å². The molecule has 2 aliphatic heterocycles. The Labute approximate surface area is 205 Å². The molecule has 2 saturated heterocycles. The zero-order valence-corrected chi connectivity index (χ0v) is 20.5. The van der Waals surface area contributed by atoms with Gasteiger partial charge in [0.15, 0.2) is 9.84 Å². The first-order chi connectivity index (χ1) is 16.2. The van der Waals surface area contributed by atoms with Gasteiger partial charge in [-0.05, 0) is 36.8 Å². The van der Waals surface area contributed by atoms with E-state index in [0.29, 0.717) is 0 Å². The van der Waals surface area contributed by atoms with Crippen molar-refractivity contribution in [1.82, 2.24) is 20.7 Å². The number of carbonyl (C=O) groups excluding carboxylic acids is 1. The molecule has 190 valence electrons. The number of aromatic nitrogens is 1.